The van der Waals surface area contributed by atoms with E-state index in [2.05, 4.69) is 5.32 Å². The molecule has 1 saturated heterocycles. The Labute approximate surface area is 116 Å². The summed E-state index contributed by atoms with van der Waals surface area (Å²) in [7, 11) is 0. The van der Waals surface area contributed by atoms with Crippen molar-refractivity contribution >= 4 is 11.9 Å². The Hall–Kier alpha value is -1.88. The van der Waals surface area contributed by atoms with E-state index in [9.17, 15) is 14.7 Å². The minimum atomic E-state index is -1.24. The number of carbonyl (C=O) groups excluding carboxylic acids is 1. The Morgan fingerprint density at radius 2 is 1.90 bits per heavy atom. The van der Waals surface area contributed by atoms with Crippen molar-refractivity contribution in [2.45, 2.75) is 24.8 Å². The van der Waals surface area contributed by atoms with Crippen LogP contribution in [0.3, 0.4) is 0 Å². The molecule has 20 heavy (non-hydrogen) atoms. The topological polar surface area (TPSA) is 75.6 Å². The molecule has 3 rings (SSSR count). The van der Waals surface area contributed by atoms with Crippen LogP contribution in [0.4, 0.5) is 0 Å². The standard InChI is InChI=1S/C15H17NO4/c17-13(16-15(14(18)19)5-6-20-9-15)12-7-10-3-1-2-4-11(10)8-12/h1-4,12H,5-9H2,(H,16,17)(H,18,19). The van der Waals surface area contributed by atoms with Gasteiger partial charge in [0.1, 0.15) is 0 Å². The smallest absolute Gasteiger partial charge is 0.331 e. The van der Waals surface area contributed by atoms with E-state index in [1.165, 1.54) is 11.1 Å². The molecule has 0 bridgehead atoms. The molecule has 2 N–H and O–H groups in total. The molecule has 1 aromatic carbocycles. The summed E-state index contributed by atoms with van der Waals surface area (Å²) in [5, 5.41) is 12.0. The van der Waals surface area contributed by atoms with Crippen molar-refractivity contribution in [2.24, 2.45) is 5.92 Å². The van der Waals surface area contributed by atoms with Gasteiger partial charge in [-0.1, -0.05) is 24.3 Å². The third-order valence-electron chi connectivity index (χ3n) is 4.22. The maximum absolute atomic E-state index is 12.3. The maximum Gasteiger partial charge on any atom is 0.331 e. The van der Waals surface area contributed by atoms with Gasteiger partial charge in [-0.3, -0.25) is 4.79 Å². The molecule has 1 atom stereocenters. The van der Waals surface area contributed by atoms with Gasteiger partial charge < -0.3 is 15.2 Å². The second-order valence-corrected chi connectivity index (χ2v) is 5.55. The highest BCUT2D eigenvalue weighted by Gasteiger charge is 2.45. The van der Waals surface area contributed by atoms with Crippen LogP contribution < -0.4 is 5.32 Å². The van der Waals surface area contributed by atoms with Crippen LogP contribution in [0.15, 0.2) is 24.3 Å². The molecular formula is C15H17NO4. The minimum absolute atomic E-state index is 0.0493. The lowest BCUT2D eigenvalue weighted by Crippen LogP contribution is -2.56. The van der Waals surface area contributed by atoms with E-state index in [1.807, 2.05) is 24.3 Å². The van der Waals surface area contributed by atoms with E-state index in [0.29, 0.717) is 25.9 Å². The molecule has 1 amide bonds. The molecule has 1 heterocycles. The first-order valence-corrected chi connectivity index (χ1v) is 6.81. The molecule has 2 aliphatic rings. The van der Waals surface area contributed by atoms with Gasteiger partial charge >= 0.3 is 5.97 Å². The summed E-state index contributed by atoms with van der Waals surface area (Å²) in [5.41, 5.74) is 1.12. The molecule has 5 heteroatoms. The van der Waals surface area contributed by atoms with Crippen LogP contribution in [0.2, 0.25) is 0 Å². The maximum atomic E-state index is 12.3. The zero-order chi connectivity index (χ0) is 14.2. The summed E-state index contributed by atoms with van der Waals surface area (Å²) in [6.07, 6.45) is 1.69. The molecule has 0 aromatic heterocycles. The quantitative estimate of drug-likeness (QED) is 0.854. The zero-order valence-corrected chi connectivity index (χ0v) is 11.1. The van der Waals surface area contributed by atoms with Crippen LogP contribution in [0.5, 0.6) is 0 Å². The number of fused-ring (bicyclic) bond motifs is 1. The van der Waals surface area contributed by atoms with Crippen molar-refractivity contribution in [3.63, 3.8) is 0 Å². The fraction of sp³-hybridized carbons (Fsp3) is 0.467. The highest BCUT2D eigenvalue weighted by atomic mass is 16.5. The number of amides is 1. The first-order valence-electron chi connectivity index (χ1n) is 6.81. The van der Waals surface area contributed by atoms with E-state index < -0.39 is 11.5 Å². The summed E-state index contributed by atoms with van der Waals surface area (Å²) in [4.78, 5) is 23.7. The van der Waals surface area contributed by atoms with Crippen LogP contribution in [0, 0.1) is 5.92 Å². The largest absolute Gasteiger partial charge is 0.479 e. The van der Waals surface area contributed by atoms with Crippen molar-refractivity contribution in [2.75, 3.05) is 13.2 Å². The van der Waals surface area contributed by atoms with E-state index in [1.54, 1.807) is 0 Å². The fourth-order valence-electron chi connectivity index (χ4n) is 2.97. The van der Waals surface area contributed by atoms with Crippen LogP contribution in [0.1, 0.15) is 17.5 Å². The Kier molecular flexibility index (Phi) is 3.22. The molecule has 106 valence electrons. The third-order valence-corrected chi connectivity index (χ3v) is 4.22. The van der Waals surface area contributed by atoms with Crippen LogP contribution in [-0.4, -0.2) is 35.7 Å². The predicted molar refractivity (Wildman–Crippen MR) is 71.3 cm³/mol. The molecule has 0 saturated carbocycles. The Morgan fingerprint density at radius 3 is 2.40 bits per heavy atom. The Morgan fingerprint density at radius 1 is 1.25 bits per heavy atom. The monoisotopic (exact) mass is 275 g/mol. The lowest BCUT2D eigenvalue weighted by Gasteiger charge is -2.25. The van der Waals surface area contributed by atoms with Crippen molar-refractivity contribution in [1.82, 2.24) is 5.32 Å². The van der Waals surface area contributed by atoms with Crippen molar-refractivity contribution in [3.05, 3.63) is 35.4 Å². The van der Waals surface area contributed by atoms with Crippen LogP contribution in [-0.2, 0) is 27.2 Å². The summed E-state index contributed by atoms with van der Waals surface area (Å²) < 4.78 is 5.15. The number of carbonyl (C=O) groups is 2. The SMILES string of the molecule is O=C(NC1(C(=O)O)CCOC1)C1Cc2ccccc2C1. The number of nitrogens with one attached hydrogen (secondary N) is 1. The van der Waals surface area contributed by atoms with Gasteiger partial charge in [-0.15, -0.1) is 0 Å². The van der Waals surface area contributed by atoms with Gasteiger partial charge in [-0.05, 0) is 24.0 Å². The average Bonchev–Trinajstić information content (AvgIpc) is 3.05. The molecule has 0 radical (unpaired) electrons. The third kappa shape index (κ3) is 2.18. The van der Waals surface area contributed by atoms with Crippen LogP contribution >= 0.6 is 0 Å². The van der Waals surface area contributed by atoms with Gasteiger partial charge in [0.05, 0.1) is 6.61 Å². The predicted octanol–water partition coefficient (Wildman–Crippen LogP) is 0.761. The number of hydrogen-bond acceptors (Lipinski definition) is 3. The average molecular weight is 275 g/mol. The highest BCUT2D eigenvalue weighted by Crippen LogP contribution is 2.28. The molecule has 1 unspecified atom stereocenters. The summed E-state index contributed by atoms with van der Waals surface area (Å²) in [6.45, 7) is 0.422. The zero-order valence-electron chi connectivity index (χ0n) is 11.1. The number of ether oxygens (including phenoxy) is 1. The molecule has 0 spiro atoms. The Balaban J connectivity index is 1.71. The minimum Gasteiger partial charge on any atom is -0.479 e. The molecule has 5 nitrogen and oxygen atoms in total. The highest BCUT2D eigenvalue weighted by molar-refractivity contribution is 5.89. The van der Waals surface area contributed by atoms with Crippen molar-refractivity contribution < 1.29 is 19.4 Å². The number of benzene rings is 1. The fourth-order valence-corrected chi connectivity index (χ4v) is 2.97. The van der Waals surface area contributed by atoms with E-state index in [-0.39, 0.29) is 18.4 Å². The van der Waals surface area contributed by atoms with Gasteiger partial charge in [0.2, 0.25) is 5.91 Å². The van der Waals surface area contributed by atoms with Gasteiger partial charge in [0.15, 0.2) is 5.54 Å². The van der Waals surface area contributed by atoms with E-state index >= 15 is 0 Å². The molecular weight excluding hydrogens is 258 g/mol. The van der Waals surface area contributed by atoms with E-state index in [0.717, 1.165) is 0 Å². The van der Waals surface area contributed by atoms with E-state index in [4.69, 9.17) is 4.74 Å². The van der Waals surface area contributed by atoms with Crippen LogP contribution in [0.25, 0.3) is 0 Å². The first-order chi connectivity index (χ1) is 9.61. The molecule has 1 aliphatic carbocycles. The second-order valence-electron chi connectivity index (χ2n) is 5.55. The lowest BCUT2D eigenvalue weighted by atomic mass is 9.96. The van der Waals surface area contributed by atoms with Gasteiger partial charge in [0, 0.05) is 18.9 Å². The van der Waals surface area contributed by atoms with Crippen molar-refractivity contribution in [1.29, 1.82) is 0 Å². The van der Waals surface area contributed by atoms with Crippen molar-refractivity contribution in [3.8, 4) is 0 Å². The number of hydrogen-bond donors (Lipinski definition) is 2. The number of rotatable bonds is 3. The second kappa shape index (κ2) is 4.90. The summed E-state index contributed by atoms with van der Waals surface area (Å²) >= 11 is 0. The Bertz CT molecular complexity index is 524. The first kappa shape index (κ1) is 13.1. The molecule has 1 aliphatic heterocycles. The summed E-state index contributed by atoms with van der Waals surface area (Å²) in [5.74, 6) is -1.38. The van der Waals surface area contributed by atoms with Gasteiger partial charge in [0.25, 0.3) is 0 Å². The molecule has 1 aromatic rings. The lowest BCUT2D eigenvalue weighted by molar-refractivity contribution is -0.148. The number of carboxylic acid groups (broad SMARTS) is 1. The summed E-state index contributed by atoms with van der Waals surface area (Å²) in [6, 6.07) is 7.97. The molecule has 1 fully saturated rings. The van der Waals surface area contributed by atoms with Gasteiger partial charge in [-0.2, -0.15) is 0 Å². The number of aliphatic carboxylic acids is 1. The normalized spacial score (nSPS) is 25.4. The number of carboxylic acids is 1. The van der Waals surface area contributed by atoms with Gasteiger partial charge in [-0.25, -0.2) is 4.79 Å².